The number of amides is 3. The molecule has 3 amide bonds. The monoisotopic (exact) mass is 429 g/mol. The summed E-state index contributed by atoms with van der Waals surface area (Å²) in [4.78, 5) is 38.1. The first-order valence-corrected chi connectivity index (χ1v) is 10.5. The fourth-order valence-electron chi connectivity index (χ4n) is 4.63. The summed E-state index contributed by atoms with van der Waals surface area (Å²) >= 11 is 0. The van der Waals surface area contributed by atoms with Gasteiger partial charge in [0.05, 0.1) is 18.5 Å². The van der Waals surface area contributed by atoms with Gasteiger partial charge >= 0.3 is 0 Å². The van der Waals surface area contributed by atoms with Gasteiger partial charge in [-0.25, -0.2) is 4.68 Å². The molecule has 0 spiro atoms. The van der Waals surface area contributed by atoms with Crippen LogP contribution in [0.15, 0.2) is 42.6 Å². The van der Waals surface area contributed by atoms with Gasteiger partial charge in [-0.15, -0.1) is 5.10 Å². The van der Waals surface area contributed by atoms with Gasteiger partial charge in [-0.2, -0.15) is 0 Å². The zero-order valence-electron chi connectivity index (χ0n) is 17.1. The van der Waals surface area contributed by atoms with Crippen LogP contribution in [0.5, 0.6) is 5.75 Å². The van der Waals surface area contributed by atoms with E-state index in [9.17, 15) is 14.4 Å². The Bertz CT molecular complexity index is 1300. The number of rotatable bonds is 3. The van der Waals surface area contributed by atoms with Crippen LogP contribution >= 0.6 is 0 Å². The van der Waals surface area contributed by atoms with E-state index in [1.165, 1.54) is 10.5 Å². The lowest BCUT2D eigenvalue weighted by Crippen LogP contribution is -2.52. The Morgan fingerprint density at radius 1 is 1.03 bits per heavy atom. The normalized spacial score (nSPS) is 19.6. The molecule has 0 saturated carbocycles. The Labute approximate surface area is 183 Å². The molecule has 1 saturated heterocycles. The predicted octanol–water partition coefficient (Wildman–Crippen LogP) is 1.63. The first-order valence-electron chi connectivity index (χ1n) is 10.5. The fraction of sp³-hybridized carbons (Fsp3) is 0.261. The molecule has 4 heterocycles. The van der Waals surface area contributed by atoms with Gasteiger partial charge in [-0.1, -0.05) is 17.3 Å². The molecule has 0 radical (unpaired) electrons. The van der Waals surface area contributed by atoms with Gasteiger partial charge in [-0.3, -0.25) is 19.7 Å². The van der Waals surface area contributed by atoms with Crippen molar-refractivity contribution in [1.29, 1.82) is 0 Å². The molecule has 1 N–H and O–H groups in total. The second-order valence-electron chi connectivity index (χ2n) is 8.18. The van der Waals surface area contributed by atoms with Crippen molar-refractivity contribution in [3.8, 4) is 22.7 Å². The number of para-hydroxylation sites is 1. The van der Waals surface area contributed by atoms with Crippen LogP contribution in [0.25, 0.3) is 16.9 Å². The maximum Gasteiger partial charge on any atom is 0.255 e. The smallest absolute Gasteiger partial charge is 0.255 e. The highest BCUT2D eigenvalue weighted by atomic mass is 16.5. The summed E-state index contributed by atoms with van der Waals surface area (Å²) in [6.45, 7) is 0.985. The van der Waals surface area contributed by atoms with Crippen LogP contribution in [0.1, 0.15) is 34.3 Å². The van der Waals surface area contributed by atoms with Gasteiger partial charge in [-0.05, 0) is 41.8 Å². The topological polar surface area (TPSA) is 106 Å². The van der Waals surface area contributed by atoms with Crippen molar-refractivity contribution in [3.63, 3.8) is 0 Å². The SMILES string of the molecule is O=C1CCC(N2Cc3cc(-n4cc(-c5cccc6c5OCC6)nn4)ccc3C2=O)C(=O)N1. The summed E-state index contributed by atoms with van der Waals surface area (Å²) in [5, 5.41) is 10.9. The van der Waals surface area contributed by atoms with Crippen molar-refractivity contribution in [1.82, 2.24) is 25.2 Å². The summed E-state index contributed by atoms with van der Waals surface area (Å²) in [7, 11) is 0. The first-order chi connectivity index (χ1) is 15.6. The lowest BCUT2D eigenvalue weighted by Gasteiger charge is -2.29. The molecule has 3 aromatic rings. The van der Waals surface area contributed by atoms with Crippen LogP contribution in [-0.4, -0.2) is 50.3 Å². The van der Waals surface area contributed by atoms with E-state index in [2.05, 4.69) is 21.7 Å². The maximum atomic E-state index is 12.9. The molecule has 0 bridgehead atoms. The molecule has 9 nitrogen and oxygen atoms in total. The molecule has 1 aromatic heterocycles. The number of imide groups is 1. The van der Waals surface area contributed by atoms with Crippen molar-refractivity contribution in [2.75, 3.05) is 6.61 Å². The van der Waals surface area contributed by atoms with Crippen LogP contribution < -0.4 is 10.1 Å². The molecule has 1 fully saturated rings. The summed E-state index contributed by atoms with van der Waals surface area (Å²) < 4.78 is 7.45. The van der Waals surface area contributed by atoms with E-state index in [4.69, 9.17) is 4.74 Å². The minimum absolute atomic E-state index is 0.197. The van der Waals surface area contributed by atoms with Gasteiger partial charge < -0.3 is 9.64 Å². The Kier molecular flexibility index (Phi) is 4.11. The number of fused-ring (bicyclic) bond motifs is 2. The van der Waals surface area contributed by atoms with E-state index in [1.54, 1.807) is 10.7 Å². The van der Waals surface area contributed by atoms with Gasteiger partial charge in [0.15, 0.2) is 0 Å². The van der Waals surface area contributed by atoms with Gasteiger partial charge in [0.25, 0.3) is 5.91 Å². The maximum absolute atomic E-state index is 12.9. The molecular formula is C23H19N5O4. The van der Waals surface area contributed by atoms with Crippen molar-refractivity contribution in [3.05, 3.63) is 59.3 Å². The number of piperidine rings is 1. The molecule has 1 unspecified atom stereocenters. The van der Waals surface area contributed by atoms with E-state index < -0.39 is 11.9 Å². The number of carbonyl (C=O) groups is 3. The second-order valence-corrected chi connectivity index (χ2v) is 8.18. The number of nitrogens with one attached hydrogen (secondary N) is 1. The van der Waals surface area contributed by atoms with Crippen LogP contribution in [0.4, 0.5) is 0 Å². The zero-order chi connectivity index (χ0) is 21.8. The summed E-state index contributed by atoms with van der Waals surface area (Å²) in [5.74, 6) is -0.0494. The largest absolute Gasteiger partial charge is 0.492 e. The van der Waals surface area contributed by atoms with E-state index in [1.807, 2.05) is 30.5 Å². The highest BCUT2D eigenvalue weighted by Crippen LogP contribution is 2.36. The second kappa shape index (κ2) is 7.01. The quantitative estimate of drug-likeness (QED) is 0.635. The Balaban J connectivity index is 1.28. The van der Waals surface area contributed by atoms with E-state index in [0.29, 0.717) is 30.8 Å². The minimum atomic E-state index is -0.630. The van der Waals surface area contributed by atoms with Gasteiger partial charge in [0, 0.05) is 30.5 Å². The van der Waals surface area contributed by atoms with Crippen LogP contribution in [0.2, 0.25) is 0 Å². The standard InChI is InChI=1S/C23H19N5O4/c29-20-7-6-19(22(30)24-20)27-11-14-10-15(4-5-16(14)23(27)31)28-12-18(25-26-28)17-3-1-2-13-8-9-32-21(13)17/h1-5,10,12,19H,6-9,11H2,(H,24,29,30). The molecule has 160 valence electrons. The van der Waals surface area contributed by atoms with E-state index >= 15 is 0 Å². The Morgan fingerprint density at radius 3 is 2.81 bits per heavy atom. The van der Waals surface area contributed by atoms with Crippen LogP contribution in [0.3, 0.4) is 0 Å². The number of hydrogen-bond donors (Lipinski definition) is 1. The summed E-state index contributed by atoms with van der Waals surface area (Å²) in [6.07, 6.45) is 3.30. The molecule has 2 aromatic carbocycles. The molecule has 6 rings (SSSR count). The number of aromatic nitrogens is 3. The highest BCUT2D eigenvalue weighted by Gasteiger charge is 2.39. The number of carbonyl (C=O) groups excluding carboxylic acids is 3. The first kappa shape index (κ1) is 18.7. The third-order valence-electron chi connectivity index (χ3n) is 6.26. The van der Waals surface area contributed by atoms with Crippen molar-refractivity contribution >= 4 is 17.7 Å². The average molecular weight is 429 g/mol. The Hall–Kier alpha value is -4.01. The minimum Gasteiger partial charge on any atom is -0.492 e. The van der Waals surface area contributed by atoms with Crippen molar-refractivity contribution in [2.24, 2.45) is 0 Å². The molecule has 1 atom stereocenters. The van der Waals surface area contributed by atoms with Crippen molar-refractivity contribution < 1.29 is 19.1 Å². The lowest BCUT2D eigenvalue weighted by molar-refractivity contribution is -0.136. The molecular weight excluding hydrogens is 410 g/mol. The third kappa shape index (κ3) is 2.89. The lowest BCUT2D eigenvalue weighted by atomic mass is 10.0. The zero-order valence-corrected chi connectivity index (χ0v) is 17.1. The number of hydrogen-bond acceptors (Lipinski definition) is 6. The van der Waals surface area contributed by atoms with Gasteiger partial charge in [0.2, 0.25) is 11.8 Å². The molecule has 9 heteroatoms. The molecule has 0 aliphatic carbocycles. The number of ether oxygens (including phenoxy) is 1. The summed E-state index contributed by atoms with van der Waals surface area (Å²) in [5.41, 5.74) is 4.94. The molecule has 3 aliphatic rings. The predicted molar refractivity (Wildman–Crippen MR) is 112 cm³/mol. The Morgan fingerprint density at radius 2 is 1.94 bits per heavy atom. The van der Waals surface area contributed by atoms with Crippen molar-refractivity contribution in [2.45, 2.75) is 31.8 Å². The average Bonchev–Trinajstić information content (AvgIpc) is 3.52. The van der Waals surface area contributed by atoms with Crippen LogP contribution in [0, 0.1) is 0 Å². The molecule has 3 aliphatic heterocycles. The fourth-order valence-corrected chi connectivity index (χ4v) is 4.63. The number of benzene rings is 2. The highest BCUT2D eigenvalue weighted by molar-refractivity contribution is 6.05. The van der Waals surface area contributed by atoms with E-state index in [0.717, 1.165) is 29.0 Å². The summed E-state index contributed by atoms with van der Waals surface area (Å²) in [6, 6.07) is 10.9. The third-order valence-corrected chi connectivity index (χ3v) is 6.26. The molecule has 32 heavy (non-hydrogen) atoms. The van der Waals surface area contributed by atoms with E-state index in [-0.39, 0.29) is 18.2 Å². The van der Waals surface area contributed by atoms with Crippen LogP contribution in [-0.2, 0) is 22.6 Å². The number of nitrogens with zero attached hydrogens (tertiary/aromatic N) is 4. The van der Waals surface area contributed by atoms with Gasteiger partial charge in [0.1, 0.15) is 17.5 Å².